The molecule has 2 rings (SSSR count). The molecule has 1 N–H and O–H groups in total. The van der Waals surface area contributed by atoms with Gasteiger partial charge in [0.15, 0.2) is 0 Å². The molecule has 0 aliphatic heterocycles. The SMILES string of the molecule is CNCCc1cn(CCn2ccccc2=O)cn1. The van der Waals surface area contributed by atoms with Crippen LogP contribution in [-0.2, 0) is 19.5 Å². The molecule has 5 heteroatoms. The van der Waals surface area contributed by atoms with Crippen LogP contribution in [0.3, 0.4) is 0 Å². The maximum absolute atomic E-state index is 11.5. The van der Waals surface area contributed by atoms with Crippen molar-refractivity contribution in [3.8, 4) is 0 Å². The van der Waals surface area contributed by atoms with Crippen LogP contribution in [0.4, 0.5) is 0 Å². The maximum Gasteiger partial charge on any atom is 0.250 e. The number of hydrogen-bond donors (Lipinski definition) is 1. The number of rotatable bonds is 6. The minimum atomic E-state index is 0.0352. The highest BCUT2D eigenvalue weighted by Crippen LogP contribution is 1.97. The van der Waals surface area contributed by atoms with Crippen molar-refractivity contribution < 1.29 is 0 Å². The molecule has 0 saturated heterocycles. The fraction of sp³-hybridized carbons (Fsp3) is 0.385. The van der Waals surface area contributed by atoms with E-state index in [1.807, 2.05) is 30.2 Å². The molecule has 2 heterocycles. The number of imidazole rings is 1. The standard InChI is InChI=1S/C13H18N4O/c1-14-6-5-12-10-16(11-15-12)8-9-17-7-3-2-4-13(17)18/h2-4,7,10-11,14H,5-6,8-9H2,1H3. The first kappa shape index (κ1) is 12.6. The highest BCUT2D eigenvalue weighted by molar-refractivity contribution is 4.97. The van der Waals surface area contributed by atoms with Crippen molar-refractivity contribution in [2.24, 2.45) is 0 Å². The average molecular weight is 246 g/mol. The number of aryl methyl sites for hydroxylation is 2. The molecule has 0 saturated carbocycles. The first-order chi connectivity index (χ1) is 8.79. The summed E-state index contributed by atoms with van der Waals surface area (Å²) >= 11 is 0. The van der Waals surface area contributed by atoms with Crippen LogP contribution < -0.4 is 10.9 Å². The summed E-state index contributed by atoms with van der Waals surface area (Å²) in [5.41, 5.74) is 1.11. The van der Waals surface area contributed by atoms with Gasteiger partial charge in [-0.1, -0.05) is 6.07 Å². The zero-order valence-electron chi connectivity index (χ0n) is 10.5. The third kappa shape index (κ3) is 3.30. The van der Waals surface area contributed by atoms with E-state index >= 15 is 0 Å². The molecule has 0 aliphatic carbocycles. The van der Waals surface area contributed by atoms with E-state index in [0.29, 0.717) is 6.54 Å². The summed E-state index contributed by atoms with van der Waals surface area (Å²) in [4.78, 5) is 15.8. The first-order valence-electron chi connectivity index (χ1n) is 6.10. The third-order valence-electron chi connectivity index (χ3n) is 2.82. The molecule has 2 aromatic rings. The molecule has 0 amide bonds. The van der Waals surface area contributed by atoms with Crippen LogP contribution in [0.1, 0.15) is 5.69 Å². The van der Waals surface area contributed by atoms with Crippen molar-refractivity contribution in [1.29, 1.82) is 0 Å². The molecule has 0 aromatic carbocycles. The highest BCUT2D eigenvalue weighted by atomic mass is 16.1. The largest absolute Gasteiger partial charge is 0.335 e. The Morgan fingerprint density at radius 2 is 2.22 bits per heavy atom. The lowest BCUT2D eigenvalue weighted by Gasteiger charge is -2.05. The molecule has 96 valence electrons. The smallest absolute Gasteiger partial charge is 0.250 e. The number of likely N-dealkylation sites (N-methyl/N-ethyl adjacent to an activating group) is 1. The molecular formula is C13H18N4O. The van der Waals surface area contributed by atoms with Crippen LogP contribution in [-0.4, -0.2) is 27.7 Å². The number of nitrogens with one attached hydrogen (secondary N) is 1. The van der Waals surface area contributed by atoms with Crippen LogP contribution in [0.15, 0.2) is 41.7 Å². The van der Waals surface area contributed by atoms with E-state index in [0.717, 1.165) is 25.2 Å². The number of nitrogens with zero attached hydrogens (tertiary/aromatic N) is 3. The summed E-state index contributed by atoms with van der Waals surface area (Å²) in [7, 11) is 1.93. The minimum absolute atomic E-state index is 0.0352. The highest BCUT2D eigenvalue weighted by Gasteiger charge is 1.99. The summed E-state index contributed by atoms with van der Waals surface area (Å²) in [6, 6.07) is 5.20. The van der Waals surface area contributed by atoms with E-state index in [4.69, 9.17) is 0 Å². The molecule has 5 nitrogen and oxygen atoms in total. The fourth-order valence-electron chi connectivity index (χ4n) is 1.78. The molecule has 0 unspecified atom stereocenters. The molecule has 0 fully saturated rings. The molecule has 0 radical (unpaired) electrons. The van der Waals surface area contributed by atoms with Gasteiger partial charge in [0.25, 0.3) is 5.56 Å². The topological polar surface area (TPSA) is 51.9 Å². The zero-order valence-corrected chi connectivity index (χ0v) is 10.5. The van der Waals surface area contributed by atoms with Gasteiger partial charge < -0.3 is 14.5 Å². The van der Waals surface area contributed by atoms with E-state index in [9.17, 15) is 4.79 Å². The quantitative estimate of drug-likeness (QED) is 0.808. The van der Waals surface area contributed by atoms with Gasteiger partial charge in [0.1, 0.15) is 0 Å². The van der Waals surface area contributed by atoms with Gasteiger partial charge in [0.05, 0.1) is 12.0 Å². The normalized spacial score (nSPS) is 10.7. The molecule has 0 aliphatic rings. The summed E-state index contributed by atoms with van der Waals surface area (Å²) in [6.45, 7) is 2.35. The maximum atomic E-state index is 11.5. The summed E-state index contributed by atoms with van der Waals surface area (Å²) in [5.74, 6) is 0. The van der Waals surface area contributed by atoms with Crippen LogP contribution in [0.25, 0.3) is 0 Å². The second-order valence-corrected chi connectivity index (χ2v) is 4.19. The number of pyridine rings is 1. The van der Waals surface area contributed by atoms with Gasteiger partial charge in [-0.15, -0.1) is 0 Å². The Balaban J connectivity index is 1.92. The van der Waals surface area contributed by atoms with E-state index in [-0.39, 0.29) is 5.56 Å². The Kier molecular flexibility index (Phi) is 4.30. The second-order valence-electron chi connectivity index (χ2n) is 4.19. The predicted octanol–water partition coefficient (Wildman–Crippen LogP) is 0.507. The molecule has 2 aromatic heterocycles. The van der Waals surface area contributed by atoms with Crippen molar-refractivity contribution in [3.63, 3.8) is 0 Å². The Morgan fingerprint density at radius 3 is 3.00 bits per heavy atom. The van der Waals surface area contributed by atoms with Crippen LogP contribution in [0.2, 0.25) is 0 Å². The van der Waals surface area contributed by atoms with E-state index in [1.165, 1.54) is 0 Å². The zero-order chi connectivity index (χ0) is 12.8. The lowest BCUT2D eigenvalue weighted by atomic mass is 10.3. The van der Waals surface area contributed by atoms with Crippen molar-refractivity contribution in [2.75, 3.05) is 13.6 Å². The Bertz CT molecular complexity index is 544. The third-order valence-corrected chi connectivity index (χ3v) is 2.82. The second kappa shape index (κ2) is 6.16. The number of hydrogen-bond acceptors (Lipinski definition) is 3. The summed E-state index contributed by atoms with van der Waals surface area (Å²) in [6.07, 6.45) is 6.58. The summed E-state index contributed by atoms with van der Waals surface area (Å²) < 4.78 is 3.72. The van der Waals surface area contributed by atoms with Gasteiger partial charge in [-0.3, -0.25) is 4.79 Å². The van der Waals surface area contributed by atoms with Crippen molar-refractivity contribution in [3.05, 3.63) is 53.0 Å². The van der Waals surface area contributed by atoms with E-state index in [1.54, 1.807) is 22.9 Å². The Morgan fingerprint density at radius 1 is 1.33 bits per heavy atom. The molecule has 0 atom stereocenters. The first-order valence-corrected chi connectivity index (χ1v) is 6.10. The monoisotopic (exact) mass is 246 g/mol. The fourth-order valence-corrected chi connectivity index (χ4v) is 1.78. The Hall–Kier alpha value is -1.88. The number of aromatic nitrogens is 3. The van der Waals surface area contributed by atoms with Gasteiger partial charge in [-0.25, -0.2) is 4.98 Å². The Labute approximate surface area is 106 Å². The van der Waals surface area contributed by atoms with Gasteiger partial charge in [-0.05, 0) is 13.1 Å². The molecule has 18 heavy (non-hydrogen) atoms. The molecule has 0 spiro atoms. The van der Waals surface area contributed by atoms with Gasteiger partial charge >= 0.3 is 0 Å². The van der Waals surface area contributed by atoms with Crippen molar-refractivity contribution in [2.45, 2.75) is 19.5 Å². The van der Waals surface area contributed by atoms with Gasteiger partial charge in [0, 0.05) is 44.5 Å². The van der Waals surface area contributed by atoms with Crippen LogP contribution >= 0.6 is 0 Å². The molecular weight excluding hydrogens is 228 g/mol. The summed E-state index contributed by atoms with van der Waals surface area (Å²) in [5, 5.41) is 3.10. The lowest BCUT2D eigenvalue weighted by Crippen LogP contribution is -2.20. The molecule has 0 bridgehead atoms. The minimum Gasteiger partial charge on any atom is -0.335 e. The van der Waals surface area contributed by atoms with Crippen LogP contribution in [0.5, 0.6) is 0 Å². The van der Waals surface area contributed by atoms with E-state index in [2.05, 4.69) is 10.3 Å². The average Bonchev–Trinajstić information content (AvgIpc) is 2.83. The van der Waals surface area contributed by atoms with Gasteiger partial charge in [0.2, 0.25) is 0 Å². The van der Waals surface area contributed by atoms with Gasteiger partial charge in [-0.2, -0.15) is 0 Å². The van der Waals surface area contributed by atoms with Crippen molar-refractivity contribution in [1.82, 2.24) is 19.4 Å². The van der Waals surface area contributed by atoms with E-state index < -0.39 is 0 Å². The lowest BCUT2D eigenvalue weighted by molar-refractivity contribution is 0.564. The van der Waals surface area contributed by atoms with Crippen molar-refractivity contribution >= 4 is 0 Å². The van der Waals surface area contributed by atoms with Crippen LogP contribution in [0, 0.1) is 0 Å². The predicted molar refractivity (Wildman–Crippen MR) is 70.6 cm³/mol.